The minimum absolute atomic E-state index is 0.0433. The first-order valence-electron chi connectivity index (χ1n) is 6.15. The Hall–Kier alpha value is -1.14. The zero-order valence-electron chi connectivity index (χ0n) is 11.7. The van der Waals surface area contributed by atoms with Gasteiger partial charge in [-0.25, -0.2) is 0 Å². The van der Waals surface area contributed by atoms with Gasteiger partial charge >= 0.3 is 0 Å². The van der Waals surface area contributed by atoms with Crippen LogP contribution >= 0.6 is 0 Å². The van der Waals surface area contributed by atoms with Crippen LogP contribution in [0.25, 0.3) is 0 Å². The molecule has 0 saturated carbocycles. The Morgan fingerprint density at radius 2 is 2.00 bits per heavy atom. The Labute approximate surface area is 108 Å². The number of carbonyl (C=O) groups excluding carboxylic acids is 2. The number of carbonyl (C=O) groups is 2. The number of ether oxygens (including phenoxy) is 1. The maximum Gasteiger partial charge on any atom is 0.241 e. The molecular weight excluding hydrogens is 234 g/mol. The maximum absolute atomic E-state index is 12.0. The van der Waals surface area contributed by atoms with Crippen LogP contribution in [0.3, 0.4) is 0 Å². The standard InChI is InChI=1S/C12H23N3O3/c1-13(2)12(17)10-9-15(7-6-14(10)3)11(16)5-8-18-4/h10H,5-9H2,1-4H3. The van der Waals surface area contributed by atoms with Crippen LogP contribution in [-0.2, 0) is 14.3 Å². The fraction of sp³-hybridized carbons (Fsp3) is 0.833. The average Bonchev–Trinajstić information content (AvgIpc) is 2.35. The molecule has 1 aliphatic rings. The summed E-state index contributed by atoms with van der Waals surface area (Å²) >= 11 is 0. The smallest absolute Gasteiger partial charge is 0.241 e. The number of hydrogen-bond acceptors (Lipinski definition) is 4. The minimum atomic E-state index is -0.236. The van der Waals surface area contributed by atoms with E-state index in [0.717, 1.165) is 6.54 Å². The largest absolute Gasteiger partial charge is 0.384 e. The molecule has 0 aromatic heterocycles. The van der Waals surface area contributed by atoms with Crippen LogP contribution in [0, 0.1) is 0 Å². The van der Waals surface area contributed by atoms with Crippen LogP contribution in [0.5, 0.6) is 0 Å². The minimum Gasteiger partial charge on any atom is -0.384 e. The number of hydrogen-bond donors (Lipinski definition) is 0. The summed E-state index contributed by atoms with van der Waals surface area (Å²) in [6, 6.07) is -0.236. The highest BCUT2D eigenvalue weighted by atomic mass is 16.5. The van der Waals surface area contributed by atoms with Gasteiger partial charge in [0.15, 0.2) is 0 Å². The van der Waals surface area contributed by atoms with Crippen molar-refractivity contribution in [3.8, 4) is 0 Å². The van der Waals surface area contributed by atoms with E-state index in [1.54, 1.807) is 31.0 Å². The van der Waals surface area contributed by atoms with E-state index in [0.29, 0.717) is 26.1 Å². The van der Waals surface area contributed by atoms with Crippen LogP contribution in [0.4, 0.5) is 0 Å². The van der Waals surface area contributed by atoms with Gasteiger partial charge in [-0.15, -0.1) is 0 Å². The molecule has 6 heteroatoms. The van der Waals surface area contributed by atoms with Crippen LogP contribution in [-0.4, -0.2) is 87.0 Å². The lowest BCUT2D eigenvalue weighted by atomic mass is 10.1. The molecule has 1 atom stereocenters. The molecule has 2 amide bonds. The summed E-state index contributed by atoms with van der Waals surface area (Å²) in [6.45, 7) is 2.30. The van der Waals surface area contributed by atoms with Crippen molar-refractivity contribution >= 4 is 11.8 Å². The molecule has 1 heterocycles. The molecule has 1 fully saturated rings. The number of piperazine rings is 1. The molecule has 1 saturated heterocycles. The molecule has 0 aliphatic carbocycles. The third-order valence-corrected chi connectivity index (χ3v) is 3.25. The molecule has 0 aromatic carbocycles. The van der Waals surface area contributed by atoms with Gasteiger partial charge in [0.05, 0.1) is 13.0 Å². The number of amides is 2. The normalized spacial score (nSPS) is 20.9. The van der Waals surface area contributed by atoms with E-state index in [1.165, 1.54) is 0 Å². The topological polar surface area (TPSA) is 53.1 Å². The fourth-order valence-corrected chi connectivity index (χ4v) is 2.01. The van der Waals surface area contributed by atoms with Crippen LogP contribution in [0.15, 0.2) is 0 Å². The molecule has 1 rings (SSSR count). The van der Waals surface area contributed by atoms with E-state index >= 15 is 0 Å². The van der Waals surface area contributed by atoms with Gasteiger partial charge < -0.3 is 14.5 Å². The Kier molecular flexibility index (Phi) is 5.55. The maximum atomic E-state index is 12.0. The van der Waals surface area contributed by atoms with Gasteiger partial charge in [0.25, 0.3) is 0 Å². The van der Waals surface area contributed by atoms with Crippen molar-refractivity contribution in [1.29, 1.82) is 0 Å². The molecule has 6 nitrogen and oxygen atoms in total. The lowest BCUT2D eigenvalue weighted by Gasteiger charge is -2.39. The van der Waals surface area contributed by atoms with E-state index in [2.05, 4.69) is 0 Å². The first kappa shape index (κ1) is 14.9. The summed E-state index contributed by atoms with van der Waals surface area (Å²) in [5, 5.41) is 0. The fourth-order valence-electron chi connectivity index (χ4n) is 2.01. The first-order chi connectivity index (χ1) is 8.47. The van der Waals surface area contributed by atoms with Crippen LogP contribution < -0.4 is 0 Å². The third-order valence-electron chi connectivity index (χ3n) is 3.25. The van der Waals surface area contributed by atoms with Crippen molar-refractivity contribution in [2.45, 2.75) is 12.5 Å². The molecule has 1 unspecified atom stereocenters. The Morgan fingerprint density at radius 3 is 2.56 bits per heavy atom. The van der Waals surface area contributed by atoms with Gasteiger partial charge in [0, 0.05) is 40.8 Å². The van der Waals surface area contributed by atoms with Gasteiger partial charge in [-0.2, -0.15) is 0 Å². The first-order valence-corrected chi connectivity index (χ1v) is 6.15. The summed E-state index contributed by atoms with van der Waals surface area (Å²) in [5.74, 6) is 0.100. The molecule has 1 aliphatic heterocycles. The number of nitrogens with zero attached hydrogens (tertiary/aromatic N) is 3. The summed E-state index contributed by atoms with van der Waals surface area (Å²) in [4.78, 5) is 29.2. The van der Waals surface area contributed by atoms with Crippen molar-refractivity contribution < 1.29 is 14.3 Å². The molecule has 0 aromatic rings. The molecule has 0 radical (unpaired) electrons. The monoisotopic (exact) mass is 257 g/mol. The van der Waals surface area contributed by atoms with E-state index in [-0.39, 0.29) is 17.9 Å². The molecule has 0 spiro atoms. The van der Waals surface area contributed by atoms with Crippen molar-refractivity contribution in [3.63, 3.8) is 0 Å². The Balaban J connectivity index is 2.60. The SMILES string of the molecule is COCCC(=O)N1CCN(C)C(C(=O)N(C)C)C1. The number of methoxy groups -OCH3 is 1. The number of rotatable bonds is 4. The predicted molar refractivity (Wildman–Crippen MR) is 68.2 cm³/mol. The van der Waals surface area contributed by atoms with Crippen LogP contribution in [0.2, 0.25) is 0 Å². The van der Waals surface area contributed by atoms with Crippen molar-refractivity contribution in [3.05, 3.63) is 0 Å². The summed E-state index contributed by atoms with van der Waals surface area (Å²) in [7, 11) is 6.97. The van der Waals surface area contributed by atoms with Gasteiger partial charge in [0.1, 0.15) is 6.04 Å². The quantitative estimate of drug-likeness (QED) is 0.665. The molecule has 0 bridgehead atoms. The van der Waals surface area contributed by atoms with Gasteiger partial charge in [-0.3, -0.25) is 14.5 Å². The molecular formula is C12H23N3O3. The van der Waals surface area contributed by atoms with E-state index in [4.69, 9.17) is 4.74 Å². The second kappa shape index (κ2) is 6.70. The Morgan fingerprint density at radius 1 is 1.33 bits per heavy atom. The van der Waals surface area contributed by atoms with Gasteiger partial charge in [-0.1, -0.05) is 0 Å². The van der Waals surface area contributed by atoms with Crippen molar-refractivity contribution in [1.82, 2.24) is 14.7 Å². The highest BCUT2D eigenvalue weighted by molar-refractivity contribution is 5.83. The summed E-state index contributed by atoms with van der Waals surface area (Å²) in [6.07, 6.45) is 0.378. The Bertz CT molecular complexity index is 307. The molecule has 104 valence electrons. The van der Waals surface area contributed by atoms with Crippen LogP contribution in [0.1, 0.15) is 6.42 Å². The van der Waals surface area contributed by atoms with Gasteiger partial charge in [-0.05, 0) is 7.05 Å². The highest BCUT2D eigenvalue weighted by Gasteiger charge is 2.32. The lowest BCUT2D eigenvalue weighted by molar-refractivity contribution is -0.141. The summed E-state index contributed by atoms with van der Waals surface area (Å²) in [5.41, 5.74) is 0. The van der Waals surface area contributed by atoms with E-state index in [9.17, 15) is 9.59 Å². The number of likely N-dealkylation sites (N-methyl/N-ethyl adjacent to an activating group) is 2. The van der Waals surface area contributed by atoms with E-state index in [1.807, 2.05) is 11.9 Å². The highest BCUT2D eigenvalue weighted by Crippen LogP contribution is 2.11. The van der Waals surface area contributed by atoms with Crippen molar-refractivity contribution in [2.24, 2.45) is 0 Å². The third kappa shape index (κ3) is 3.68. The van der Waals surface area contributed by atoms with Crippen molar-refractivity contribution in [2.75, 3.05) is 54.5 Å². The summed E-state index contributed by atoms with van der Waals surface area (Å²) < 4.78 is 4.90. The van der Waals surface area contributed by atoms with E-state index < -0.39 is 0 Å². The van der Waals surface area contributed by atoms with Gasteiger partial charge in [0.2, 0.25) is 11.8 Å². The second-order valence-electron chi connectivity index (χ2n) is 4.81. The molecule has 18 heavy (non-hydrogen) atoms. The predicted octanol–water partition coefficient (Wildman–Crippen LogP) is -0.746. The second-order valence-corrected chi connectivity index (χ2v) is 4.81. The zero-order valence-corrected chi connectivity index (χ0v) is 11.7. The average molecular weight is 257 g/mol. The zero-order chi connectivity index (χ0) is 13.7. The molecule has 0 N–H and O–H groups in total. The lowest BCUT2D eigenvalue weighted by Crippen LogP contribution is -2.58.